The highest BCUT2D eigenvalue weighted by Crippen LogP contribution is 2.36. The SMILES string of the molecule is FC(F)(F)c1[nH]ncc1C1CCNCC1. The average molecular weight is 219 g/mol. The third kappa shape index (κ3) is 2.14. The molecule has 0 bridgehead atoms. The zero-order valence-corrected chi connectivity index (χ0v) is 8.06. The van der Waals surface area contributed by atoms with Gasteiger partial charge >= 0.3 is 6.18 Å². The van der Waals surface area contributed by atoms with Crippen molar-refractivity contribution >= 4 is 0 Å². The number of piperidine rings is 1. The van der Waals surface area contributed by atoms with Gasteiger partial charge in [0.25, 0.3) is 0 Å². The first kappa shape index (κ1) is 10.5. The second-order valence-electron chi connectivity index (χ2n) is 3.72. The van der Waals surface area contributed by atoms with Crippen LogP contribution in [-0.2, 0) is 6.18 Å². The molecule has 0 aliphatic carbocycles. The molecule has 15 heavy (non-hydrogen) atoms. The Morgan fingerprint density at radius 2 is 1.93 bits per heavy atom. The van der Waals surface area contributed by atoms with Crippen molar-refractivity contribution in [1.82, 2.24) is 15.5 Å². The lowest BCUT2D eigenvalue weighted by Gasteiger charge is -2.22. The van der Waals surface area contributed by atoms with E-state index in [2.05, 4.69) is 10.4 Å². The minimum Gasteiger partial charge on any atom is -0.317 e. The molecular weight excluding hydrogens is 207 g/mol. The number of alkyl halides is 3. The van der Waals surface area contributed by atoms with Gasteiger partial charge in [0.1, 0.15) is 5.69 Å². The zero-order chi connectivity index (χ0) is 10.9. The second kappa shape index (κ2) is 3.84. The quantitative estimate of drug-likeness (QED) is 0.757. The molecule has 84 valence electrons. The van der Waals surface area contributed by atoms with E-state index in [9.17, 15) is 13.2 Å². The molecule has 1 aromatic rings. The predicted molar refractivity (Wildman–Crippen MR) is 48.4 cm³/mol. The number of rotatable bonds is 1. The van der Waals surface area contributed by atoms with Gasteiger partial charge in [-0.1, -0.05) is 0 Å². The van der Waals surface area contributed by atoms with Crippen LogP contribution in [0, 0.1) is 0 Å². The van der Waals surface area contributed by atoms with E-state index in [1.54, 1.807) is 0 Å². The van der Waals surface area contributed by atoms with Gasteiger partial charge in [0, 0.05) is 5.56 Å². The number of hydrogen-bond acceptors (Lipinski definition) is 2. The van der Waals surface area contributed by atoms with Crippen LogP contribution in [0.4, 0.5) is 13.2 Å². The largest absolute Gasteiger partial charge is 0.433 e. The molecule has 1 aliphatic heterocycles. The van der Waals surface area contributed by atoms with E-state index in [4.69, 9.17) is 0 Å². The van der Waals surface area contributed by atoms with Gasteiger partial charge < -0.3 is 5.32 Å². The van der Waals surface area contributed by atoms with E-state index in [1.165, 1.54) is 6.20 Å². The highest BCUT2D eigenvalue weighted by Gasteiger charge is 2.37. The molecule has 0 radical (unpaired) electrons. The fourth-order valence-electron chi connectivity index (χ4n) is 1.96. The van der Waals surface area contributed by atoms with Crippen LogP contribution in [0.25, 0.3) is 0 Å². The summed E-state index contributed by atoms with van der Waals surface area (Å²) in [6, 6.07) is 0. The molecule has 2 heterocycles. The number of hydrogen-bond donors (Lipinski definition) is 2. The number of nitrogens with zero attached hydrogens (tertiary/aromatic N) is 1. The number of aromatic amines is 1. The number of H-pyrrole nitrogens is 1. The van der Waals surface area contributed by atoms with Crippen molar-refractivity contribution in [3.05, 3.63) is 17.5 Å². The smallest absolute Gasteiger partial charge is 0.317 e. The summed E-state index contributed by atoms with van der Waals surface area (Å²) in [5, 5.41) is 8.67. The second-order valence-corrected chi connectivity index (χ2v) is 3.72. The van der Waals surface area contributed by atoms with Crippen LogP contribution in [0.15, 0.2) is 6.20 Å². The molecule has 0 amide bonds. The van der Waals surface area contributed by atoms with E-state index in [1.807, 2.05) is 5.10 Å². The van der Waals surface area contributed by atoms with Gasteiger partial charge in [-0.15, -0.1) is 0 Å². The van der Waals surface area contributed by atoms with Crippen molar-refractivity contribution in [2.45, 2.75) is 24.9 Å². The molecule has 1 aromatic heterocycles. The van der Waals surface area contributed by atoms with Crippen LogP contribution in [0.3, 0.4) is 0 Å². The van der Waals surface area contributed by atoms with Crippen molar-refractivity contribution in [1.29, 1.82) is 0 Å². The topological polar surface area (TPSA) is 40.7 Å². The lowest BCUT2D eigenvalue weighted by atomic mass is 9.90. The van der Waals surface area contributed by atoms with Crippen LogP contribution >= 0.6 is 0 Å². The number of aromatic nitrogens is 2. The summed E-state index contributed by atoms with van der Waals surface area (Å²) in [4.78, 5) is 0. The molecule has 1 saturated heterocycles. The third-order valence-electron chi connectivity index (χ3n) is 2.73. The van der Waals surface area contributed by atoms with E-state index < -0.39 is 11.9 Å². The molecule has 0 saturated carbocycles. The normalized spacial score (nSPS) is 19.4. The Kier molecular flexibility index (Phi) is 2.68. The number of nitrogens with one attached hydrogen (secondary N) is 2. The Bertz CT molecular complexity index is 326. The summed E-state index contributed by atoms with van der Waals surface area (Å²) in [7, 11) is 0. The van der Waals surface area contributed by atoms with Crippen LogP contribution in [0.5, 0.6) is 0 Å². The van der Waals surface area contributed by atoms with Gasteiger partial charge in [-0.05, 0) is 31.8 Å². The third-order valence-corrected chi connectivity index (χ3v) is 2.73. The van der Waals surface area contributed by atoms with Gasteiger partial charge in [-0.2, -0.15) is 18.3 Å². The Labute approximate surface area is 85.1 Å². The Morgan fingerprint density at radius 1 is 1.27 bits per heavy atom. The maximum atomic E-state index is 12.5. The van der Waals surface area contributed by atoms with Crippen molar-refractivity contribution in [3.63, 3.8) is 0 Å². The van der Waals surface area contributed by atoms with Crippen LogP contribution in [0.1, 0.15) is 30.0 Å². The maximum Gasteiger partial charge on any atom is 0.433 e. The van der Waals surface area contributed by atoms with Crippen LogP contribution in [0.2, 0.25) is 0 Å². The highest BCUT2D eigenvalue weighted by atomic mass is 19.4. The van der Waals surface area contributed by atoms with Crippen molar-refractivity contribution in [2.24, 2.45) is 0 Å². The lowest BCUT2D eigenvalue weighted by molar-refractivity contribution is -0.142. The fraction of sp³-hybridized carbons (Fsp3) is 0.667. The monoisotopic (exact) mass is 219 g/mol. The van der Waals surface area contributed by atoms with E-state index >= 15 is 0 Å². The fourth-order valence-corrected chi connectivity index (χ4v) is 1.96. The minimum atomic E-state index is -4.32. The van der Waals surface area contributed by atoms with Crippen LogP contribution < -0.4 is 5.32 Å². The molecule has 0 aromatic carbocycles. The maximum absolute atomic E-state index is 12.5. The molecule has 0 spiro atoms. The first-order valence-electron chi connectivity index (χ1n) is 4.90. The molecule has 1 fully saturated rings. The first-order valence-corrected chi connectivity index (χ1v) is 4.90. The first-order chi connectivity index (χ1) is 7.09. The Balaban J connectivity index is 2.24. The summed E-state index contributed by atoms with van der Waals surface area (Å²) >= 11 is 0. The molecule has 6 heteroatoms. The van der Waals surface area contributed by atoms with Gasteiger partial charge in [0.2, 0.25) is 0 Å². The van der Waals surface area contributed by atoms with Gasteiger partial charge in [-0.3, -0.25) is 5.10 Å². The molecule has 3 nitrogen and oxygen atoms in total. The van der Waals surface area contributed by atoms with Gasteiger partial charge in [0.15, 0.2) is 0 Å². The summed E-state index contributed by atoms with van der Waals surface area (Å²) in [6.45, 7) is 1.54. The molecular formula is C9H12F3N3. The Morgan fingerprint density at radius 3 is 2.53 bits per heavy atom. The van der Waals surface area contributed by atoms with Crippen molar-refractivity contribution in [3.8, 4) is 0 Å². The van der Waals surface area contributed by atoms with E-state index in [-0.39, 0.29) is 5.92 Å². The lowest BCUT2D eigenvalue weighted by Crippen LogP contribution is -2.27. The summed E-state index contributed by atoms with van der Waals surface area (Å²) in [5.41, 5.74) is -0.376. The predicted octanol–water partition coefficient (Wildman–Crippen LogP) is 1.90. The molecule has 2 N–H and O–H groups in total. The minimum absolute atomic E-state index is 0.0263. The van der Waals surface area contributed by atoms with E-state index in [0.717, 1.165) is 25.9 Å². The molecule has 0 atom stereocenters. The standard InChI is InChI=1S/C9H12F3N3/c10-9(11,12)8-7(5-14-15-8)6-1-3-13-4-2-6/h5-6,13H,1-4H2,(H,14,15). The summed E-state index contributed by atoms with van der Waals surface area (Å²) < 4.78 is 37.6. The van der Waals surface area contributed by atoms with Crippen molar-refractivity contribution < 1.29 is 13.2 Å². The molecule has 2 rings (SSSR count). The van der Waals surface area contributed by atoms with E-state index in [0.29, 0.717) is 5.56 Å². The highest BCUT2D eigenvalue weighted by molar-refractivity contribution is 5.24. The average Bonchev–Trinajstić information content (AvgIpc) is 2.67. The van der Waals surface area contributed by atoms with Gasteiger partial charge in [0.05, 0.1) is 6.20 Å². The Hall–Kier alpha value is -1.04. The van der Waals surface area contributed by atoms with Crippen LogP contribution in [-0.4, -0.2) is 23.3 Å². The zero-order valence-electron chi connectivity index (χ0n) is 8.06. The summed E-state index contributed by atoms with van der Waals surface area (Å²) in [6.07, 6.45) is -1.54. The van der Waals surface area contributed by atoms with Crippen molar-refractivity contribution in [2.75, 3.05) is 13.1 Å². The number of halogens is 3. The molecule has 1 aliphatic rings. The molecule has 0 unspecified atom stereocenters. The summed E-state index contributed by atoms with van der Waals surface area (Å²) in [5.74, 6) is -0.0263. The van der Waals surface area contributed by atoms with Gasteiger partial charge in [-0.25, -0.2) is 0 Å².